The first-order valence-corrected chi connectivity index (χ1v) is 8.67. The van der Waals surface area contributed by atoms with E-state index in [4.69, 9.17) is 0 Å². The molecule has 6 heteroatoms. The van der Waals surface area contributed by atoms with Gasteiger partial charge in [0.2, 0.25) is 0 Å². The Labute approximate surface area is 155 Å². The van der Waals surface area contributed by atoms with E-state index < -0.39 is 18.5 Å². The molecule has 0 spiro atoms. The van der Waals surface area contributed by atoms with E-state index in [9.17, 15) is 14.9 Å². The molecule has 0 aliphatic carbocycles. The molecule has 0 aliphatic rings. The topological polar surface area (TPSA) is 70.0 Å². The summed E-state index contributed by atoms with van der Waals surface area (Å²) in [6.07, 6.45) is 0.341. The van der Waals surface area contributed by atoms with Crippen molar-refractivity contribution in [1.29, 1.82) is 0 Å². The van der Waals surface area contributed by atoms with Crippen molar-refractivity contribution in [2.45, 2.75) is 25.9 Å². The lowest BCUT2D eigenvalue weighted by molar-refractivity contribution is -0.162. The number of benzene rings is 2. The molecule has 2 aromatic carbocycles. The number of esters is 1. The maximum Gasteiger partial charge on any atom is 0.338 e. The maximum absolute atomic E-state index is 11.7. The lowest BCUT2D eigenvalue weighted by Crippen LogP contribution is -2.49. The molecule has 1 unspecified atom stereocenters. The third-order valence-electron chi connectivity index (χ3n) is 4.15. The highest BCUT2D eigenvalue weighted by Crippen LogP contribution is 2.20. The number of aliphatic hydroxyl groups is 1. The first kappa shape index (κ1) is 20.2. The molecule has 5 nitrogen and oxygen atoms in total. The number of carbonyl (C=O) groups is 1. The molecule has 0 aliphatic heterocycles. The van der Waals surface area contributed by atoms with Gasteiger partial charge < -0.3 is 19.8 Å². The predicted octanol–water partition coefficient (Wildman–Crippen LogP) is 2.23. The van der Waals surface area contributed by atoms with Crippen molar-refractivity contribution in [3.05, 3.63) is 60.2 Å². The van der Waals surface area contributed by atoms with Crippen molar-refractivity contribution in [3.63, 3.8) is 0 Å². The fraction of sp³-hybridized carbons (Fsp3) is 0.350. The lowest BCUT2D eigenvalue weighted by Gasteiger charge is -2.30. The third kappa shape index (κ3) is 5.69. The zero-order valence-corrected chi connectivity index (χ0v) is 15.6. The molecule has 0 heterocycles. The summed E-state index contributed by atoms with van der Waals surface area (Å²) >= 11 is 0. The van der Waals surface area contributed by atoms with Crippen LogP contribution in [0.1, 0.15) is 12.5 Å². The molecule has 26 heavy (non-hydrogen) atoms. The van der Waals surface area contributed by atoms with Gasteiger partial charge in [0.15, 0.2) is 5.60 Å². The van der Waals surface area contributed by atoms with Crippen molar-refractivity contribution in [2.24, 2.45) is 0 Å². The van der Waals surface area contributed by atoms with Crippen molar-refractivity contribution in [2.75, 3.05) is 20.1 Å². The Kier molecular flexibility index (Phi) is 6.97. The molecule has 0 saturated heterocycles. The van der Waals surface area contributed by atoms with Gasteiger partial charge in [0, 0.05) is 19.5 Å². The summed E-state index contributed by atoms with van der Waals surface area (Å²) in [4.78, 5) is 13.6. The SMILES string of the molecule is COC(=O)C(C)(O)CN(CB(C)O)Cc1ccc(-c2ccccc2)cc1. The number of ether oxygens (including phenoxy) is 1. The Bertz CT molecular complexity index is 702. The van der Waals surface area contributed by atoms with Crippen LogP contribution in [-0.4, -0.2) is 53.6 Å². The van der Waals surface area contributed by atoms with Crippen LogP contribution in [0.15, 0.2) is 54.6 Å². The minimum atomic E-state index is -1.63. The van der Waals surface area contributed by atoms with Gasteiger partial charge in [-0.15, -0.1) is 0 Å². The van der Waals surface area contributed by atoms with Crippen molar-refractivity contribution < 1.29 is 19.7 Å². The van der Waals surface area contributed by atoms with Gasteiger partial charge >= 0.3 is 5.97 Å². The lowest BCUT2D eigenvalue weighted by atomic mass is 9.71. The van der Waals surface area contributed by atoms with Crippen LogP contribution in [0.4, 0.5) is 0 Å². The van der Waals surface area contributed by atoms with E-state index in [1.807, 2.05) is 47.4 Å². The van der Waals surface area contributed by atoms with Crippen molar-refractivity contribution >= 4 is 12.9 Å². The predicted molar refractivity (Wildman–Crippen MR) is 104 cm³/mol. The van der Waals surface area contributed by atoms with Crippen LogP contribution in [0.25, 0.3) is 11.1 Å². The zero-order valence-electron chi connectivity index (χ0n) is 15.6. The molecule has 0 amide bonds. The number of methoxy groups -OCH3 is 1. The number of hydrogen-bond acceptors (Lipinski definition) is 5. The van der Waals surface area contributed by atoms with Gasteiger partial charge in [-0.3, -0.25) is 0 Å². The summed E-state index contributed by atoms with van der Waals surface area (Å²) < 4.78 is 4.66. The highest BCUT2D eigenvalue weighted by Gasteiger charge is 2.34. The van der Waals surface area contributed by atoms with Crippen LogP contribution in [0.2, 0.25) is 6.82 Å². The second-order valence-corrected chi connectivity index (χ2v) is 6.85. The Morgan fingerprint density at radius 1 is 1.12 bits per heavy atom. The first-order valence-electron chi connectivity index (χ1n) is 8.67. The summed E-state index contributed by atoms with van der Waals surface area (Å²) in [7, 11) is 1.25. The number of nitrogens with zero attached hydrogens (tertiary/aromatic N) is 1. The quantitative estimate of drug-likeness (QED) is 0.561. The fourth-order valence-electron chi connectivity index (χ4n) is 2.97. The van der Waals surface area contributed by atoms with Gasteiger partial charge in [-0.25, -0.2) is 4.79 Å². The van der Waals surface area contributed by atoms with E-state index in [1.165, 1.54) is 14.0 Å². The summed E-state index contributed by atoms with van der Waals surface area (Å²) in [5.74, 6) is -0.687. The van der Waals surface area contributed by atoms with Crippen LogP contribution in [-0.2, 0) is 16.1 Å². The van der Waals surface area contributed by atoms with Crippen LogP contribution in [0.5, 0.6) is 0 Å². The van der Waals surface area contributed by atoms with E-state index >= 15 is 0 Å². The second kappa shape index (κ2) is 8.99. The summed E-state index contributed by atoms with van der Waals surface area (Å²) in [5, 5.41) is 20.1. The Morgan fingerprint density at radius 2 is 1.69 bits per heavy atom. The Morgan fingerprint density at radius 3 is 2.23 bits per heavy atom. The molecule has 2 N–H and O–H groups in total. The van der Waals surface area contributed by atoms with Gasteiger partial charge in [-0.1, -0.05) is 61.4 Å². The molecule has 1 atom stereocenters. The van der Waals surface area contributed by atoms with E-state index in [1.54, 1.807) is 6.82 Å². The Hall–Kier alpha value is -2.15. The molecule has 0 fully saturated rings. The van der Waals surface area contributed by atoms with Crippen LogP contribution >= 0.6 is 0 Å². The average molecular weight is 355 g/mol. The van der Waals surface area contributed by atoms with Crippen LogP contribution in [0.3, 0.4) is 0 Å². The summed E-state index contributed by atoms with van der Waals surface area (Å²) in [6, 6.07) is 18.2. The molecular weight excluding hydrogens is 329 g/mol. The minimum Gasteiger partial charge on any atom is -0.467 e. The number of rotatable bonds is 8. The van der Waals surface area contributed by atoms with E-state index in [-0.39, 0.29) is 6.54 Å². The highest BCUT2D eigenvalue weighted by molar-refractivity contribution is 6.48. The number of carbonyl (C=O) groups excluding carboxylic acids is 1. The molecule has 0 aromatic heterocycles. The second-order valence-electron chi connectivity index (χ2n) is 6.85. The number of hydrogen-bond donors (Lipinski definition) is 2. The summed E-state index contributed by atoms with van der Waals surface area (Å²) in [6.45, 7) is 3.11. The smallest absolute Gasteiger partial charge is 0.338 e. The molecule has 2 rings (SSSR count). The largest absolute Gasteiger partial charge is 0.467 e. The van der Waals surface area contributed by atoms with Crippen LogP contribution < -0.4 is 0 Å². The van der Waals surface area contributed by atoms with Gasteiger partial charge in [0.05, 0.1) is 7.11 Å². The standard InChI is InChI=1S/C20H26BNO4/c1-20(24,19(23)26-3)14-22(15-21(2)25)13-16-9-11-18(12-10-16)17-7-5-4-6-8-17/h4-12,24-25H,13-15H2,1-3H3. The van der Waals surface area contributed by atoms with E-state index in [0.29, 0.717) is 13.0 Å². The summed E-state index contributed by atoms with van der Waals surface area (Å²) in [5.41, 5.74) is 1.67. The average Bonchev–Trinajstić information content (AvgIpc) is 2.61. The van der Waals surface area contributed by atoms with Gasteiger partial charge in [-0.2, -0.15) is 0 Å². The van der Waals surface area contributed by atoms with Gasteiger partial charge in [-0.05, 0) is 23.6 Å². The zero-order chi connectivity index (χ0) is 19.2. The van der Waals surface area contributed by atoms with Crippen molar-refractivity contribution in [1.82, 2.24) is 4.90 Å². The first-order chi connectivity index (χ1) is 12.3. The normalized spacial score (nSPS) is 13.3. The monoisotopic (exact) mass is 355 g/mol. The molecule has 0 bridgehead atoms. The maximum atomic E-state index is 11.7. The highest BCUT2D eigenvalue weighted by atomic mass is 16.5. The van der Waals surface area contributed by atoms with Crippen LogP contribution in [0, 0.1) is 0 Å². The van der Waals surface area contributed by atoms with Crippen molar-refractivity contribution in [3.8, 4) is 11.1 Å². The molecule has 2 aromatic rings. The Balaban J connectivity index is 2.11. The molecular formula is C20H26BNO4. The molecule has 0 radical (unpaired) electrons. The van der Waals surface area contributed by atoms with E-state index in [2.05, 4.69) is 16.9 Å². The molecule has 138 valence electrons. The van der Waals surface area contributed by atoms with Gasteiger partial charge in [0.1, 0.15) is 0 Å². The molecule has 0 saturated carbocycles. The van der Waals surface area contributed by atoms with E-state index in [0.717, 1.165) is 16.7 Å². The fourth-order valence-corrected chi connectivity index (χ4v) is 2.97. The third-order valence-corrected chi connectivity index (χ3v) is 4.15. The minimum absolute atomic E-state index is 0.0744. The van der Waals surface area contributed by atoms with Gasteiger partial charge in [0.25, 0.3) is 6.92 Å².